The number of nitrogens with one attached hydrogen (secondary N) is 2. The van der Waals surface area contributed by atoms with Crippen molar-refractivity contribution in [2.75, 3.05) is 0 Å². The molecule has 0 aliphatic heterocycles. The molecule has 2 N–H and O–H groups in total. The van der Waals surface area contributed by atoms with Gasteiger partial charge in [0, 0.05) is 0 Å². The third kappa shape index (κ3) is 2.42. The van der Waals surface area contributed by atoms with Crippen molar-refractivity contribution in [2.24, 2.45) is 0 Å². The van der Waals surface area contributed by atoms with E-state index in [1.165, 1.54) is 0 Å². The van der Waals surface area contributed by atoms with Gasteiger partial charge in [-0.2, -0.15) is 0 Å². The van der Waals surface area contributed by atoms with Gasteiger partial charge in [0.25, 0.3) is 0 Å². The van der Waals surface area contributed by atoms with Crippen LogP contribution in [0.25, 0.3) is 0 Å². The van der Waals surface area contributed by atoms with Crippen LogP contribution in [-0.4, -0.2) is 14.5 Å². The summed E-state index contributed by atoms with van der Waals surface area (Å²) in [5, 5.41) is 0. The first-order valence-electron chi connectivity index (χ1n) is 5.68. The van der Waals surface area contributed by atoms with E-state index in [0.717, 1.165) is 4.57 Å². The van der Waals surface area contributed by atoms with Crippen LogP contribution in [0.1, 0.15) is 26.2 Å². The summed E-state index contributed by atoms with van der Waals surface area (Å²) in [7, 11) is 0. The second-order valence-corrected chi connectivity index (χ2v) is 4.09. The van der Waals surface area contributed by atoms with Crippen LogP contribution in [0.15, 0.2) is 39.7 Å². The van der Waals surface area contributed by atoms with Gasteiger partial charge in [-0.15, -0.1) is 13.2 Å². The highest BCUT2D eigenvalue weighted by molar-refractivity contribution is 4.97. The molecule has 0 bridgehead atoms. The van der Waals surface area contributed by atoms with E-state index in [4.69, 9.17) is 0 Å². The molecule has 1 rings (SSSR count). The Morgan fingerprint density at radius 3 is 1.89 bits per heavy atom. The highest BCUT2D eigenvalue weighted by Crippen LogP contribution is 2.27. The van der Waals surface area contributed by atoms with Crippen molar-refractivity contribution in [1.82, 2.24) is 14.5 Å². The first-order valence-corrected chi connectivity index (χ1v) is 5.68. The minimum Gasteiger partial charge on any atom is -0.259 e. The quantitative estimate of drug-likeness (QED) is 0.721. The summed E-state index contributed by atoms with van der Waals surface area (Å²) < 4.78 is 1.04. The molecule has 1 heterocycles. The highest BCUT2D eigenvalue weighted by atomic mass is 16.2. The number of hydrogen-bond acceptors (Lipinski definition) is 3. The molecular weight excluding hydrogens is 234 g/mol. The molecule has 0 atom stereocenters. The van der Waals surface area contributed by atoms with Gasteiger partial charge >= 0.3 is 17.1 Å². The van der Waals surface area contributed by atoms with E-state index in [1.54, 1.807) is 12.2 Å². The normalized spacial score (nSPS) is 11.2. The van der Waals surface area contributed by atoms with E-state index in [1.807, 2.05) is 6.92 Å². The highest BCUT2D eigenvalue weighted by Gasteiger charge is 2.31. The molecule has 0 spiro atoms. The lowest BCUT2D eigenvalue weighted by atomic mass is 9.88. The topological polar surface area (TPSA) is 87.7 Å². The molecule has 98 valence electrons. The van der Waals surface area contributed by atoms with Crippen LogP contribution in [0.4, 0.5) is 0 Å². The minimum atomic E-state index is -0.802. The molecule has 1 aromatic rings. The Bertz CT molecular complexity index is 562. The van der Waals surface area contributed by atoms with E-state index in [0.29, 0.717) is 19.3 Å². The molecule has 0 radical (unpaired) electrons. The fourth-order valence-corrected chi connectivity index (χ4v) is 2.11. The van der Waals surface area contributed by atoms with Crippen molar-refractivity contribution in [3.8, 4) is 0 Å². The fourth-order valence-electron chi connectivity index (χ4n) is 2.11. The molecule has 1 aromatic heterocycles. The molecule has 0 aliphatic carbocycles. The summed E-state index contributed by atoms with van der Waals surface area (Å²) in [6.07, 6.45) is 4.70. The standard InChI is InChI=1S/C12H17N3O3/c1-4-7-12(6-3,8-5-2)15-10(17)13-9(16)14-11(15)18/h4-5H,1-2,6-8H2,3H3,(H2,13,14,16,17,18). The van der Waals surface area contributed by atoms with Crippen LogP contribution >= 0.6 is 0 Å². The molecule has 0 saturated carbocycles. The van der Waals surface area contributed by atoms with Gasteiger partial charge in [0.05, 0.1) is 5.54 Å². The Kier molecular flexibility index (Phi) is 4.25. The van der Waals surface area contributed by atoms with Crippen molar-refractivity contribution in [1.29, 1.82) is 0 Å². The van der Waals surface area contributed by atoms with Gasteiger partial charge in [0.1, 0.15) is 0 Å². The number of rotatable bonds is 6. The molecule has 6 heteroatoms. The molecule has 0 amide bonds. The maximum absolute atomic E-state index is 11.8. The second kappa shape index (κ2) is 5.48. The summed E-state index contributed by atoms with van der Waals surface area (Å²) in [5.74, 6) is 0. The third-order valence-electron chi connectivity index (χ3n) is 3.03. The Labute approximate surface area is 104 Å². The zero-order valence-corrected chi connectivity index (χ0v) is 10.4. The smallest absolute Gasteiger partial charge is 0.259 e. The first-order chi connectivity index (χ1) is 8.50. The van der Waals surface area contributed by atoms with Gasteiger partial charge in [0.2, 0.25) is 0 Å². The number of hydrogen-bond donors (Lipinski definition) is 2. The van der Waals surface area contributed by atoms with Crippen molar-refractivity contribution in [3.05, 3.63) is 56.8 Å². The van der Waals surface area contributed by atoms with Gasteiger partial charge in [0.15, 0.2) is 0 Å². The Balaban J connectivity index is 3.61. The predicted molar refractivity (Wildman–Crippen MR) is 69.8 cm³/mol. The maximum atomic E-state index is 11.8. The van der Waals surface area contributed by atoms with Crippen molar-refractivity contribution < 1.29 is 0 Å². The van der Waals surface area contributed by atoms with E-state index < -0.39 is 22.6 Å². The summed E-state index contributed by atoms with van der Waals surface area (Å²) in [6, 6.07) is 0. The van der Waals surface area contributed by atoms with Crippen LogP contribution in [0.5, 0.6) is 0 Å². The second-order valence-electron chi connectivity index (χ2n) is 4.09. The van der Waals surface area contributed by atoms with E-state index in [-0.39, 0.29) is 0 Å². The minimum absolute atomic E-state index is 0.435. The number of aromatic amines is 2. The largest absolute Gasteiger partial charge is 0.334 e. The lowest BCUT2D eigenvalue weighted by Gasteiger charge is -2.31. The van der Waals surface area contributed by atoms with Gasteiger partial charge in [-0.05, 0) is 19.3 Å². The summed E-state index contributed by atoms with van der Waals surface area (Å²) in [6.45, 7) is 9.15. The van der Waals surface area contributed by atoms with Gasteiger partial charge in [-0.3, -0.25) is 9.97 Å². The molecule has 0 fully saturated rings. The molecule has 0 aromatic carbocycles. The van der Waals surface area contributed by atoms with E-state index >= 15 is 0 Å². The number of allylic oxidation sites excluding steroid dienone is 2. The zero-order valence-electron chi connectivity index (χ0n) is 10.4. The number of aromatic nitrogens is 3. The fraction of sp³-hybridized carbons (Fsp3) is 0.417. The van der Waals surface area contributed by atoms with Gasteiger partial charge < -0.3 is 0 Å². The summed E-state index contributed by atoms with van der Waals surface area (Å²) in [5.41, 5.74) is -2.97. The Hall–Kier alpha value is -2.11. The average molecular weight is 251 g/mol. The van der Waals surface area contributed by atoms with Crippen LogP contribution in [0.3, 0.4) is 0 Å². The molecule has 6 nitrogen and oxygen atoms in total. The number of H-pyrrole nitrogens is 2. The van der Waals surface area contributed by atoms with Crippen molar-refractivity contribution in [2.45, 2.75) is 31.7 Å². The van der Waals surface area contributed by atoms with Crippen molar-refractivity contribution in [3.63, 3.8) is 0 Å². The average Bonchev–Trinajstić information content (AvgIpc) is 2.27. The SMILES string of the molecule is C=CCC(CC)(CC=C)n1c(=O)[nH]c(=O)[nH]c1=O. The maximum Gasteiger partial charge on any atom is 0.334 e. The predicted octanol–water partition coefficient (Wildman–Crippen LogP) is 0.482. The summed E-state index contributed by atoms with van der Waals surface area (Å²) in [4.78, 5) is 38.8. The number of nitrogens with zero attached hydrogens (tertiary/aromatic N) is 1. The Morgan fingerprint density at radius 1 is 1.11 bits per heavy atom. The Morgan fingerprint density at radius 2 is 1.56 bits per heavy atom. The monoisotopic (exact) mass is 251 g/mol. The molecule has 18 heavy (non-hydrogen) atoms. The van der Waals surface area contributed by atoms with Crippen LogP contribution in [0, 0.1) is 0 Å². The van der Waals surface area contributed by atoms with Crippen LogP contribution in [0.2, 0.25) is 0 Å². The third-order valence-corrected chi connectivity index (χ3v) is 3.03. The molecule has 0 aliphatic rings. The van der Waals surface area contributed by atoms with E-state index in [2.05, 4.69) is 23.1 Å². The lowest BCUT2D eigenvalue weighted by Crippen LogP contribution is -2.53. The molecule has 0 unspecified atom stereocenters. The van der Waals surface area contributed by atoms with Crippen LogP contribution < -0.4 is 17.1 Å². The zero-order chi connectivity index (χ0) is 13.8. The lowest BCUT2D eigenvalue weighted by molar-refractivity contribution is 0.253. The van der Waals surface area contributed by atoms with Crippen molar-refractivity contribution >= 4 is 0 Å². The van der Waals surface area contributed by atoms with E-state index in [9.17, 15) is 14.4 Å². The molecular formula is C12H17N3O3. The van der Waals surface area contributed by atoms with Gasteiger partial charge in [-0.25, -0.2) is 19.0 Å². The molecule has 0 saturated heterocycles. The van der Waals surface area contributed by atoms with Gasteiger partial charge in [-0.1, -0.05) is 19.1 Å². The summed E-state index contributed by atoms with van der Waals surface area (Å²) >= 11 is 0. The first kappa shape index (κ1) is 14.0. The van der Waals surface area contributed by atoms with Crippen LogP contribution in [-0.2, 0) is 5.54 Å².